The number of aliphatic imine (C=N–C) groups is 2. The van der Waals surface area contributed by atoms with E-state index < -0.39 is 0 Å². The maximum Gasteiger partial charge on any atom is 0.160 e. The largest absolute Gasteiger partial charge is 0.456 e. The normalized spacial score (nSPS) is 14.6. The van der Waals surface area contributed by atoms with E-state index in [2.05, 4.69) is 127 Å². The van der Waals surface area contributed by atoms with Crippen molar-refractivity contribution in [2.45, 2.75) is 6.17 Å². The van der Waals surface area contributed by atoms with Gasteiger partial charge >= 0.3 is 0 Å². The second kappa shape index (κ2) is 12.0. The molecule has 12 rings (SSSR count). The van der Waals surface area contributed by atoms with Gasteiger partial charge in [0.1, 0.15) is 34.3 Å². The van der Waals surface area contributed by atoms with Gasteiger partial charge in [0.25, 0.3) is 0 Å². The van der Waals surface area contributed by atoms with Crippen LogP contribution in [0, 0.1) is 0 Å². The lowest BCUT2D eigenvalue weighted by Crippen LogP contribution is -2.33. The lowest BCUT2D eigenvalue weighted by molar-refractivity contribution is 0.667. The zero-order chi connectivity index (χ0) is 36.7. The maximum absolute atomic E-state index is 6.52. The van der Waals surface area contributed by atoms with Crippen molar-refractivity contribution in [3.05, 3.63) is 193 Å². The molecule has 1 aliphatic rings. The molecule has 0 aliphatic carbocycles. The number of benzene rings is 9. The first kappa shape index (κ1) is 30.9. The highest BCUT2D eigenvalue weighted by Gasteiger charge is 2.24. The van der Waals surface area contributed by atoms with Gasteiger partial charge in [-0.05, 0) is 97.5 Å². The average Bonchev–Trinajstić information content (AvgIpc) is 3.84. The minimum absolute atomic E-state index is 0.344. The molecule has 9 aromatic carbocycles. The molecule has 1 unspecified atom stereocenters. The third kappa shape index (κ3) is 4.74. The summed E-state index contributed by atoms with van der Waals surface area (Å²) in [5.74, 6) is 1.39. The van der Waals surface area contributed by atoms with Crippen molar-refractivity contribution in [3.8, 4) is 11.1 Å². The number of hydrogen-bond acceptors (Lipinski definition) is 5. The highest BCUT2D eigenvalue weighted by molar-refractivity contribution is 6.26. The number of nitrogens with one attached hydrogen (secondary N) is 1. The summed E-state index contributed by atoms with van der Waals surface area (Å²) in [7, 11) is 0. The zero-order valence-corrected chi connectivity index (χ0v) is 30.0. The van der Waals surface area contributed by atoms with E-state index in [1.807, 2.05) is 54.6 Å². The summed E-state index contributed by atoms with van der Waals surface area (Å²) in [6, 6.07) is 61.7. The van der Waals surface area contributed by atoms with Crippen molar-refractivity contribution in [3.63, 3.8) is 0 Å². The van der Waals surface area contributed by atoms with Gasteiger partial charge in [-0.3, -0.25) is 0 Å². The second-order valence-corrected chi connectivity index (χ2v) is 14.5. The van der Waals surface area contributed by atoms with Crippen LogP contribution in [0.25, 0.3) is 87.3 Å². The minimum atomic E-state index is -0.344. The highest BCUT2D eigenvalue weighted by Crippen LogP contribution is 2.40. The van der Waals surface area contributed by atoms with Crippen molar-refractivity contribution >= 4 is 87.9 Å². The SMILES string of the molecule is c1ccc(C2N=C(c3cccc4oc5ccc(-c6ccc7c8ccccc8c8ccccc8c7c6)cc5c34)N=C(c3ccc4oc5ccccc5c4c3)N2)cc1. The van der Waals surface area contributed by atoms with Crippen LogP contribution in [0.15, 0.2) is 195 Å². The Kier molecular flexibility index (Phi) is 6.63. The topological polar surface area (TPSA) is 63.0 Å². The smallest absolute Gasteiger partial charge is 0.160 e. The van der Waals surface area contributed by atoms with E-state index in [1.54, 1.807) is 0 Å². The van der Waals surface area contributed by atoms with Crippen LogP contribution in [0.2, 0.25) is 0 Å². The number of rotatable bonds is 4. The van der Waals surface area contributed by atoms with Crippen LogP contribution in [0.5, 0.6) is 0 Å². The van der Waals surface area contributed by atoms with Crippen LogP contribution in [-0.4, -0.2) is 11.7 Å². The van der Waals surface area contributed by atoms with Crippen LogP contribution in [0.4, 0.5) is 0 Å². The first-order valence-electron chi connectivity index (χ1n) is 18.9. The Labute approximate surface area is 320 Å². The number of furan rings is 2. The van der Waals surface area contributed by atoms with Gasteiger partial charge in [0.15, 0.2) is 5.84 Å². The summed E-state index contributed by atoms with van der Waals surface area (Å²) >= 11 is 0. The third-order valence-electron chi connectivity index (χ3n) is 11.3. The van der Waals surface area contributed by atoms with Crippen molar-refractivity contribution in [1.82, 2.24) is 5.32 Å². The molecular weight excluding hydrogens is 687 g/mol. The Hall–Kier alpha value is -7.50. The molecule has 0 amide bonds. The molecule has 1 aliphatic heterocycles. The molecule has 0 fully saturated rings. The lowest BCUT2D eigenvalue weighted by Gasteiger charge is -2.24. The summed E-state index contributed by atoms with van der Waals surface area (Å²) in [6.45, 7) is 0. The van der Waals surface area contributed by atoms with Gasteiger partial charge in [-0.1, -0.05) is 127 Å². The monoisotopic (exact) mass is 717 g/mol. The molecule has 3 heterocycles. The summed E-state index contributed by atoms with van der Waals surface area (Å²) in [5, 5.41) is 15.4. The number of hydrogen-bond donors (Lipinski definition) is 1. The molecule has 1 N–H and O–H groups in total. The first-order chi connectivity index (χ1) is 27.7. The summed E-state index contributed by atoms with van der Waals surface area (Å²) in [5.41, 5.74) is 8.53. The highest BCUT2D eigenvalue weighted by atomic mass is 16.3. The van der Waals surface area contributed by atoms with E-state index in [0.717, 1.165) is 77.5 Å². The molecular formula is C51H31N3O2. The molecule has 5 nitrogen and oxygen atoms in total. The molecule has 1 atom stereocenters. The number of para-hydroxylation sites is 1. The number of nitrogens with zero attached hydrogens (tertiary/aromatic N) is 2. The van der Waals surface area contributed by atoms with Gasteiger partial charge in [-0.2, -0.15) is 0 Å². The van der Waals surface area contributed by atoms with Crippen LogP contribution < -0.4 is 5.32 Å². The average molecular weight is 718 g/mol. The van der Waals surface area contributed by atoms with Crippen LogP contribution in [0.1, 0.15) is 22.9 Å². The Bertz CT molecular complexity index is 3430. The van der Waals surface area contributed by atoms with Crippen molar-refractivity contribution in [2.75, 3.05) is 0 Å². The summed E-state index contributed by atoms with van der Waals surface area (Å²) in [6.07, 6.45) is -0.344. The molecule has 0 bridgehead atoms. The Morgan fingerprint density at radius 3 is 1.70 bits per heavy atom. The van der Waals surface area contributed by atoms with Gasteiger partial charge in [-0.15, -0.1) is 0 Å². The van der Waals surface area contributed by atoms with Gasteiger partial charge < -0.3 is 14.2 Å². The van der Waals surface area contributed by atoms with Gasteiger partial charge in [0.05, 0.1) is 0 Å². The predicted octanol–water partition coefficient (Wildman–Crippen LogP) is 13.1. The standard InChI is InChI=1S/C51H31N3O2/c1-2-11-30(12-3-1)49-52-50(33-23-26-45-42(29-33)39-17-8-9-19-44(39)55-45)54-51(53-49)40-18-10-20-47-48(40)43-28-32(22-25-46(43)56-47)31-21-24-38-36-15-5-4-13-34(36)35-14-6-7-16-37(35)41(38)27-31/h1-29,49H,(H,52,53,54). The van der Waals surface area contributed by atoms with E-state index in [0.29, 0.717) is 5.84 Å². The first-order valence-corrected chi connectivity index (χ1v) is 18.9. The molecule has 0 saturated heterocycles. The number of amidine groups is 2. The molecule has 262 valence electrons. The Balaban J connectivity index is 1.03. The van der Waals surface area contributed by atoms with Crippen LogP contribution in [0.3, 0.4) is 0 Å². The predicted molar refractivity (Wildman–Crippen MR) is 231 cm³/mol. The van der Waals surface area contributed by atoms with E-state index in [1.165, 1.54) is 32.3 Å². The van der Waals surface area contributed by atoms with Gasteiger partial charge in [-0.25, -0.2) is 9.98 Å². The molecule has 11 aromatic rings. The van der Waals surface area contributed by atoms with Crippen molar-refractivity contribution in [1.29, 1.82) is 0 Å². The van der Waals surface area contributed by atoms with Crippen LogP contribution >= 0.6 is 0 Å². The molecule has 0 spiro atoms. The van der Waals surface area contributed by atoms with E-state index in [-0.39, 0.29) is 6.17 Å². The van der Waals surface area contributed by atoms with Crippen LogP contribution in [-0.2, 0) is 0 Å². The number of fused-ring (bicyclic) bond motifs is 12. The summed E-state index contributed by atoms with van der Waals surface area (Å²) < 4.78 is 12.7. The fraction of sp³-hybridized carbons (Fsp3) is 0.0196. The van der Waals surface area contributed by atoms with E-state index in [9.17, 15) is 0 Å². The molecule has 56 heavy (non-hydrogen) atoms. The molecule has 2 aromatic heterocycles. The van der Waals surface area contributed by atoms with Gasteiger partial charge in [0, 0.05) is 32.7 Å². The minimum Gasteiger partial charge on any atom is -0.456 e. The lowest BCUT2D eigenvalue weighted by atomic mass is 9.92. The fourth-order valence-corrected chi connectivity index (χ4v) is 8.68. The third-order valence-corrected chi connectivity index (χ3v) is 11.3. The Morgan fingerprint density at radius 1 is 0.393 bits per heavy atom. The van der Waals surface area contributed by atoms with Gasteiger partial charge in [0.2, 0.25) is 0 Å². The van der Waals surface area contributed by atoms with E-state index >= 15 is 0 Å². The van der Waals surface area contributed by atoms with Crippen molar-refractivity contribution in [2.24, 2.45) is 9.98 Å². The van der Waals surface area contributed by atoms with E-state index in [4.69, 9.17) is 18.8 Å². The second-order valence-electron chi connectivity index (χ2n) is 14.5. The van der Waals surface area contributed by atoms with Crippen molar-refractivity contribution < 1.29 is 8.83 Å². The fourth-order valence-electron chi connectivity index (χ4n) is 8.68. The zero-order valence-electron chi connectivity index (χ0n) is 30.0. The molecule has 0 saturated carbocycles. The quantitative estimate of drug-likeness (QED) is 0.184. The Morgan fingerprint density at radius 2 is 0.929 bits per heavy atom. The maximum atomic E-state index is 6.52. The molecule has 0 radical (unpaired) electrons. The summed E-state index contributed by atoms with van der Waals surface area (Å²) in [4.78, 5) is 10.5. The molecule has 5 heteroatoms.